The van der Waals surface area contributed by atoms with Gasteiger partial charge < -0.3 is 11.1 Å². The number of halogens is 1. The van der Waals surface area contributed by atoms with Crippen molar-refractivity contribution in [2.45, 2.75) is 39.3 Å². The molecule has 1 fully saturated rings. The number of nitrogens with zero attached hydrogens (tertiary/aromatic N) is 2. The third kappa shape index (κ3) is 3.03. The van der Waals surface area contributed by atoms with Crippen LogP contribution in [0.15, 0.2) is 0 Å². The van der Waals surface area contributed by atoms with Gasteiger partial charge in [0.15, 0.2) is 0 Å². The summed E-state index contributed by atoms with van der Waals surface area (Å²) in [6.45, 7) is 4.41. The van der Waals surface area contributed by atoms with Crippen molar-refractivity contribution in [2.24, 2.45) is 11.7 Å². The first-order valence-electron chi connectivity index (χ1n) is 6.21. The number of carbonyl (C=O) groups is 1. The lowest BCUT2D eigenvalue weighted by Crippen LogP contribution is -2.40. The Morgan fingerprint density at radius 3 is 2.78 bits per heavy atom. The van der Waals surface area contributed by atoms with Gasteiger partial charge in [-0.1, -0.05) is 11.6 Å². The Bertz CT molecular complexity index is 453. The Morgan fingerprint density at radius 2 is 2.28 bits per heavy atom. The molecule has 2 rings (SSSR count). The normalized spacial score (nSPS) is 16.7. The molecule has 0 spiro atoms. The van der Waals surface area contributed by atoms with Gasteiger partial charge in [0.2, 0.25) is 5.91 Å². The summed E-state index contributed by atoms with van der Waals surface area (Å²) in [5.41, 5.74) is 7.48. The third-order valence-corrected chi connectivity index (χ3v) is 3.90. The average molecular weight is 271 g/mol. The summed E-state index contributed by atoms with van der Waals surface area (Å²) in [6.07, 6.45) is 2.37. The highest BCUT2D eigenvalue weighted by atomic mass is 35.5. The minimum atomic E-state index is -0.0756. The summed E-state index contributed by atoms with van der Waals surface area (Å²) in [7, 11) is 0. The van der Waals surface area contributed by atoms with Gasteiger partial charge in [0.25, 0.3) is 0 Å². The summed E-state index contributed by atoms with van der Waals surface area (Å²) in [6, 6.07) is 0.0815. The van der Waals surface area contributed by atoms with Gasteiger partial charge in [-0.05, 0) is 32.6 Å². The Balaban J connectivity index is 1.84. The van der Waals surface area contributed by atoms with E-state index in [0.717, 1.165) is 11.4 Å². The first kappa shape index (κ1) is 13.4. The van der Waals surface area contributed by atoms with E-state index in [4.69, 9.17) is 17.3 Å². The van der Waals surface area contributed by atoms with Crippen LogP contribution in [-0.2, 0) is 11.3 Å². The van der Waals surface area contributed by atoms with E-state index in [9.17, 15) is 4.79 Å². The molecule has 1 amide bonds. The number of aromatic nitrogens is 2. The molecular formula is C12H19ClN4O. The Hall–Kier alpha value is -1.07. The van der Waals surface area contributed by atoms with Crippen molar-refractivity contribution in [3.05, 3.63) is 16.4 Å². The highest BCUT2D eigenvalue weighted by molar-refractivity contribution is 6.31. The molecule has 1 atom stereocenters. The Kier molecular flexibility index (Phi) is 3.92. The highest BCUT2D eigenvalue weighted by Gasteiger charge is 2.28. The second-order valence-electron chi connectivity index (χ2n) is 4.95. The average Bonchev–Trinajstić information content (AvgIpc) is 3.13. The SMILES string of the molecule is Cc1nn(CC(=O)NCC(N)C2CC2)c(C)c1Cl. The number of carbonyl (C=O) groups excluding carboxylic acids is 1. The molecule has 1 heterocycles. The first-order valence-corrected chi connectivity index (χ1v) is 6.58. The predicted molar refractivity (Wildman–Crippen MR) is 70.4 cm³/mol. The van der Waals surface area contributed by atoms with E-state index >= 15 is 0 Å². The van der Waals surface area contributed by atoms with Crippen LogP contribution in [0.5, 0.6) is 0 Å². The monoisotopic (exact) mass is 270 g/mol. The molecule has 18 heavy (non-hydrogen) atoms. The quantitative estimate of drug-likeness (QED) is 0.839. The van der Waals surface area contributed by atoms with E-state index in [1.165, 1.54) is 12.8 Å². The molecule has 1 aromatic rings. The third-order valence-electron chi connectivity index (χ3n) is 3.35. The van der Waals surface area contributed by atoms with Crippen LogP contribution in [-0.4, -0.2) is 28.3 Å². The van der Waals surface area contributed by atoms with E-state index in [1.54, 1.807) is 4.68 Å². The molecule has 5 nitrogen and oxygen atoms in total. The number of hydrogen-bond acceptors (Lipinski definition) is 3. The van der Waals surface area contributed by atoms with E-state index in [0.29, 0.717) is 17.5 Å². The van der Waals surface area contributed by atoms with Gasteiger partial charge in [0.05, 0.1) is 16.4 Å². The molecular weight excluding hydrogens is 252 g/mol. The van der Waals surface area contributed by atoms with Crippen LogP contribution < -0.4 is 11.1 Å². The Morgan fingerprint density at radius 1 is 1.61 bits per heavy atom. The summed E-state index contributed by atoms with van der Waals surface area (Å²) in [4.78, 5) is 11.8. The summed E-state index contributed by atoms with van der Waals surface area (Å²) >= 11 is 6.02. The maximum absolute atomic E-state index is 11.8. The van der Waals surface area contributed by atoms with Crippen molar-refractivity contribution in [3.8, 4) is 0 Å². The molecule has 1 aliphatic rings. The lowest BCUT2D eigenvalue weighted by molar-refractivity contribution is -0.121. The molecule has 1 aliphatic carbocycles. The molecule has 3 N–H and O–H groups in total. The van der Waals surface area contributed by atoms with Crippen molar-refractivity contribution in [2.75, 3.05) is 6.54 Å². The highest BCUT2D eigenvalue weighted by Crippen LogP contribution is 2.31. The van der Waals surface area contributed by atoms with Crippen molar-refractivity contribution < 1.29 is 4.79 Å². The van der Waals surface area contributed by atoms with E-state index in [-0.39, 0.29) is 18.5 Å². The number of nitrogens with two attached hydrogens (primary N) is 1. The molecule has 0 aliphatic heterocycles. The number of rotatable bonds is 5. The minimum Gasteiger partial charge on any atom is -0.353 e. The zero-order valence-corrected chi connectivity index (χ0v) is 11.5. The largest absolute Gasteiger partial charge is 0.353 e. The summed E-state index contributed by atoms with van der Waals surface area (Å²) in [5, 5.41) is 7.68. The maximum atomic E-state index is 11.8. The van der Waals surface area contributed by atoms with Crippen LogP contribution in [0.2, 0.25) is 5.02 Å². The van der Waals surface area contributed by atoms with Crippen molar-refractivity contribution in [3.63, 3.8) is 0 Å². The molecule has 1 saturated carbocycles. The minimum absolute atomic E-state index is 0.0756. The van der Waals surface area contributed by atoms with Crippen LogP contribution in [0.3, 0.4) is 0 Å². The van der Waals surface area contributed by atoms with E-state index < -0.39 is 0 Å². The second kappa shape index (κ2) is 5.28. The van der Waals surface area contributed by atoms with Gasteiger partial charge in [-0.15, -0.1) is 0 Å². The number of aryl methyl sites for hydroxylation is 1. The van der Waals surface area contributed by atoms with E-state index in [2.05, 4.69) is 10.4 Å². The topological polar surface area (TPSA) is 72.9 Å². The van der Waals surface area contributed by atoms with Gasteiger partial charge in [0, 0.05) is 12.6 Å². The molecule has 1 aromatic heterocycles. The van der Waals surface area contributed by atoms with Crippen LogP contribution >= 0.6 is 11.6 Å². The van der Waals surface area contributed by atoms with Crippen LogP contribution in [0, 0.1) is 19.8 Å². The lowest BCUT2D eigenvalue weighted by atomic mass is 10.2. The van der Waals surface area contributed by atoms with Crippen LogP contribution in [0.4, 0.5) is 0 Å². The number of hydrogen-bond donors (Lipinski definition) is 2. The van der Waals surface area contributed by atoms with Crippen molar-refractivity contribution in [1.82, 2.24) is 15.1 Å². The molecule has 1 unspecified atom stereocenters. The fourth-order valence-corrected chi connectivity index (χ4v) is 2.08. The van der Waals surface area contributed by atoms with Gasteiger partial charge in [0.1, 0.15) is 6.54 Å². The molecule has 100 valence electrons. The van der Waals surface area contributed by atoms with Gasteiger partial charge in [-0.2, -0.15) is 5.10 Å². The predicted octanol–water partition coefficient (Wildman–Crippen LogP) is 1.01. The van der Waals surface area contributed by atoms with E-state index in [1.807, 2.05) is 13.8 Å². The summed E-state index contributed by atoms with van der Waals surface area (Å²) in [5.74, 6) is 0.516. The van der Waals surface area contributed by atoms with Crippen molar-refractivity contribution >= 4 is 17.5 Å². The van der Waals surface area contributed by atoms with Gasteiger partial charge in [-0.3, -0.25) is 9.48 Å². The standard InChI is InChI=1S/C12H19ClN4O/c1-7-12(13)8(2)17(16-7)6-11(18)15-5-10(14)9-3-4-9/h9-10H,3-6,14H2,1-2H3,(H,15,18). The molecule has 0 aromatic carbocycles. The molecule has 0 bridgehead atoms. The first-order chi connectivity index (χ1) is 8.49. The number of nitrogens with one attached hydrogen (secondary N) is 1. The van der Waals surface area contributed by atoms with Crippen LogP contribution in [0.25, 0.3) is 0 Å². The smallest absolute Gasteiger partial charge is 0.241 e. The van der Waals surface area contributed by atoms with Gasteiger partial charge in [-0.25, -0.2) is 0 Å². The van der Waals surface area contributed by atoms with Crippen LogP contribution in [0.1, 0.15) is 24.2 Å². The second-order valence-corrected chi connectivity index (χ2v) is 5.33. The van der Waals surface area contributed by atoms with Gasteiger partial charge >= 0.3 is 0 Å². The zero-order valence-electron chi connectivity index (χ0n) is 10.7. The number of amides is 1. The summed E-state index contributed by atoms with van der Waals surface area (Å²) < 4.78 is 1.62. The molecule has 6 heteroatoms. The fraction of sp³-hybridized carbons (Fsp3) is 0.667. The zero-order chi connectivity index (χ0) is 13.3. The fourth-order valence-electron chi connectivity index (χ4n) is 1.94. The van der Waals surface area contributed by atoms with Crippen molar-refractivity contribution in [1.29, 1.82) is 0 Å². The lowest BCUT2D eigenvalue weighted by Gasteiger charge is -2.12. The molecule has 0 saturated heterocycles. The molecule has 0 radical (unpaired) electrons. The Labute approximate surface area is 112 Å². The maximum Gasteiger partial charge on any atom is 0.241 e.